The Morgan fingerprint density at radius 1 is 1.53 bits per heavy atom. The van der Waals surface area contributed by atoms with Gasteiger partial charge in [0.15, 0.2) is 11.2 Å². The summed E-state index contributed by atoms with van der Waals surface area (Å²) in [6.45, 7) is 2.11. The van der Waals surface area contributed by atoms with Crippen LogP contribution in [0.2, 0.25) is 0 Å². The van der Waals surface area contributed by atoms with Crippen LogP contribution in [0.4, 0.5) is 5.95 Å². The summed E-state index contributed by atoms with van der Waals surface area (Å²) in [7, 11) is 1.84. The first-order chi connectivity index (χ1) is 8.22. The molecule has 0 saturated heterocycles. The van der Waals surface area contributed by atoms with E-state index in [1.54, 1.807) is 4.90 Å². The van der Waals surface area contributed by atoms with Crippen molar-refractivity contribution >= 4 is 17.1 Å². The van der Waals surface area contributed by atoms with Gasteiger partial charge >= 0.3 is 0 Å². The van der Waals surface area contributed by atoms with Crippen molar-refractivity contribution in [2.24, 2.45) is 0 Å². The summed E-state index contributed by atoms with van der Waals surface area (Å²) >= 11 is 0. The van der Waals surface area contributed by atoms with Crippen molar-refractivity contribution in [3.8, 4) is 0 Å². The van der Waals surface area contributed by atoms with Crippen LogP contribution in [0.3, 0.4) is 0 Å². The number of hydrogen-bond donors (Lipinski definition) is 2. The maximum atomic E-state index is 11.7. The first kappa shape index (κ1) is 11.4. The number of fused-ring (bicyclic) bond motifs is 1. The molecule has 0 bridgehead atoms. The number of hydrogen-bond acceptors (Lipinski definition) is 4. The van der Waals surface area contributed by atoms with Gasteiger partial charge in [0, 0.05) is 13.2 Å². The molecule has 17 heavy (non-hydrogen) atoms. The second kappa shape index (κ2) is 4.82. The molecule has 2 aromatic heterocycles. The van der Waals surface area contributed by atoms with Gasteiger partial charge in [0.25, 0.3) is 5.56 Å². The van der Waals surface area contributed by atoms with E-state index >= 15 is 0 Å². The van der Waals surface area contributed by atoms with Crippen LogP contribution in [0, 0.1) is 0 Å². The largest absolute Gasteiger partial charge is 0.339 e. The number of anilines is 1. The lowest BCUT2D eigenvalue weighted by Crippen LogP contribution is -2.18. The molecule has 0 aliphatic carbocycles. The van der Waals surface area contributed by atoms with E-state index in [4.69, 9.17) is 0 Å². The third-order valence-corrected chi connectivity index (χ3v) is 2.40. The number of nitrogens with one attached hydrogen (secondary N) is 2. The molecule has 0 aliphatic heterocycles. The van der Waals surface area contributed by atoms with Gasteiger partial charge in [-0.15, -0.1) is 0 Å². The lowest BCUT2D eigenvalue weighted by atomic mass is 10.3. The van der Waals surface area contributed by atoms with Crippen molar-refractivity contribution < 1.29 is 0 Å². The third-order valence-electron chi connectivity index (χ3n) is 2.40. The van der Waals surface area contributed by atoms with E-state index in [0.717, 1.165) is 12.8 Å². The first-order valence-electron chi connectivity index (χ1n) is 5.55. The highest BCUT2D eigenvalue weighted by Gasteiger charge is 2.07. The quantitative estimate of drug-likeness (QED) is 0.836. The molecule has 2 N–H and O–H groups in total. The second-order valence-corrected chi connectivity index (χ2v) is 3.78. The number of nitrogens with zero attached hydrogens (tertiary/aromatic N) is 3. The lowest BCUT2D eigenvalue weighted by Gasteiger charge is -2.11. The van der Waals surface area contributed by atoms with E-state index < -0.39 is 0 Å². The van der Waals surface area contributed by atoms with Gasteiger partial charge in [-0.3, -0.25) is 9.78 Å². The molecule has 90 valence electrons. The molecule has 0 radical (unpaired) electrons. The molecule has 2 rings (SSSR count). The number of H-pyrrole nitrogens is 2. The van der Waals surface area contributed by atoms with Crippen molar-refractivity contribution in [3.63, 3.8) is 0 Å². The Kier molecular flexibility index (Phi) is 3.22. The Hall–Kier alpha value is -2.11. The highest BCUT2D eigenvalue weighted by Crippen LogP contribution is 2.07. The maximum absolute atomic E-state index is 11.7. The molecule has 0 saturated carbocycles. The van der Waals surface area contributed by atoms with Gasteiger partial charge in [0.1, 0.15) is 0 Å². The van der Waals surface area contributed by atoms with Gasteiger partial charge in [-0.05, 0) is 6.42 Å². The average molecular weight is 233 g/mol. The minimum absolute atomic E-state index is 0.210. The Balaban J connectivity index is 2.32. The van der Waals surface area contributed by atoms with Gasteiger partial charge in [-0.25, -0.2) is 4.98 Å². The summed E-state index contributed by atoms with van der Waals surface area (Å²) in [5, 5.41) is 0. The molecule has 0 aromatic carbocycles. The van der Waals surface area contributed by atoms with Crippen LogP contribution < -0.4 is 10.5 Å². The zero-order chi connectivity index (χ0) is 12.3. The number of unbranched alkanes of at least 4 members (excludes halogenated alkanes) is 1. The minimum Gasteiger partial charge on any atom is -0.339 e. The number of rotatable bonds is 4. The van der Waals surface area contributed by atoms with Crippen LogP contribution in [0.5, 0.6) is 0 Å². The molecule has 2 heterocycles. The highest BCUT2D eigenvalue weighted by atomic mass is 16.1. The van der Waals surface area contributed by atoms with E-state index in [1.807, 2.05) is 19.3 Å². The summed E-state index contributed by atoms with van der Waals surface area (Å²) in [4.78, 5) is 27.1. The lowest BCUT2D eigenvalue weighted by molar-refractivity contribution is 0.945. The van der Waals surface area contributed by atoms with Crippen LogP contribution in [0.25, 0.3) is 11.2 Å². The van der Waals surface area contributed by atoms with Gasteiger partial charge in [-0.2, -0.15) is 4.98 Å². The fraction of sp³-hybridized carbons (Fsp3) is 0.364. The molecule has 6 nitrogen and oxygen atoms in total. The van der Waals surface area contributed by atoms with Gasteiger partial charge in [0.05, 0.1) is 6.33 Å². The summed E-state index contributed by atoms with van der Waals surface area (Å²) in [6, 6.07) is 0. The Labute approximate surface area is 98.4 Å². The monoisotopic (exact) mass is 233 g/mol. The number of allylic oxidation sites excluding steroid dienone is 1. The SMILES string of the molecule is CCCC=CN(C)c1nc2nc[nH]c2c(=O)[nH]1. The third kappa shape index (κ3) is 2.35. The normalized spacial score (nSPS) is 11.4. The number of imidazole rings is 1. The van der Waals surface area contributed by atoms with Crippen LogP contribution in [-0.4, -0.2) is 27.0 Å². The van der Waals surface area contributed by atoms with Crippen molar-refractivity contribution in [3.05, 3.63) is 29.0 Å². The smallest absolute Gasteiger partial charge is 0.278 e. The summed E-state index contributed by atoms with van der Waals surface area (Å²) < 4.78 is 0. The Morgan fingerprint density at radius 2 is 2.35 bits per heavy atom. The molecular formula is C11H15N5O. The molecule has 0 amide bonds. The van der Waals surface area contributed by atoms with Gasteiger partial charge in [0.2, 0.25) is 5.95 Å². The molecular weight excluding hydrogens is 218 g/mol. The van der Waals surface area contributed by atoms with Crippen molar-refractivity contribution in [1.82, 2.24) is 19.9 Å². The van der Waals surface area contributed by atoms with E-state index in [2.05, 4.69) is 26.9 Å². The topological polar surface area (TPSA) is 77.7 Å². The molecule has 0 spiro atoms. The van der Waals surface area contributed by atoms with Crippen molar-refractivity contribution in [2.45, 2.75) is 19.8 Å². The van der Waals surface area contributed by atoms with Crippen LogP contribution >= 0.6 is 0 Å². The molecule has 6 heteroatoms. The van der Waals surface area contributed by atoms with E-state index in [1.165, 1.54) is 6.33 Å². The molecule has 0 fully saturated rings. The summed E-state index contributed by atoms with van der Waals surface area (Å²) in [5.41, 5.74) is 0.623. The fourth-order valence-electron chi connectivity index (χ4n) is 1.47. The number of aromatic nitrogens is 4. The van der Waals surface area contributed by atoms with Crippen LogP contribution in [0.15, 0.2) is 23.4 Å². The van der Waals surface area contributed by atoms with E-state index in [-0.39, 0.29) is 5.56 Å². The predicted octanol–water partition coefficient (Wildman–Crippen LogP) is 1.40. The Bertz CT molecular complexity index is 583. The highest BCUT2D eigenvalue weighted by molar-refractivity contribution is 5.69. The standard InChI is InChI=1S/C11H15N5O/c1-3-4-5-6-16(2)11-14-9-8(10(17)15-11)12-7-13-9/h5-7H,3-4H2,1-2H3,(H2,12,13,14,15,17). The molecule has 0 atom stereocenters. The van der Waals surface area contributed by atoms with Crippen molar-refractivity contribution in [2.75, 3.05) is 11.9 Å². The number of aromatic amines is 2. The molecule has 0 unspecified atom stereocenters. The molecule has 2 aromatic rings. The Morgan fingerprint density at radius 3 is 3.12 bits per heavy atom. The van der Waals surface area contributed by atoms with Crippen molar-refractivity contribution in [1.29, 1.82) is 0 Å². The fourth-order valence-corrected chi connectivity index (χ4v) is 1.47. The second-order valence-electron chi connectivity index (χ2n) is 3.78. The predicted molar refractivity (Wildman–Crippen MR) is 67.0 cm³/mol. The molecule has 0 aliphatic rings. The van der Waals surface area contributed by atoms with Crippen LogP contribution in [0.1, 0.15) is 19.8 Å². The summed E-state index contributed by atoms with van der Waals surface area (Å²) in [6.07, 6.45) is 7.48. The zero-order valence-electron chi connectivity index (χ0n) is 9.90. The van der Waals surface area contributed by atoms with E-state index in [0.29, 0.717) is 17.1 Å². The zero-order valence-corrected chi connectivity index (χ0v) is 9.90. The first-order valence-corrected chi connectivity index (χ1v) is 5.55. The van der Waals surface area contributed by atoms with Gasteiger partial charge in [-0.1, -0.05) is 19.4 Å². The average Bonchev–Trinajstić information content (AvgIpc) is 2.77. The van der Waals surface area contributed by atoms with Crippen LogP contribution in [-0.2, 0) is 0 Å². The van der Waals surface area contributed by atoms with Gasteiger partial charge < -0.3 is 9.88 Å². The van der Waals surface area contributed by atoms with E-state index in [9.17, 15) is 4.79 Å². The maximum Gasteiger partial charge on any atom is 0.278 e. The minimum atomic E-state index is -0.210. The summed E-state index contributed by atoms with van der Waals surface area (Å²) in [5.74, 6) is 0.488.